The van der Waals surface area contributed by atoms with Gasteiger partial charge in [0.2, 0.25) is 0 Å². The van der Waals surface area contributed by atoms with Gasteiger partial charge in [0.05, 0.1) is 6.61 Å². The molecule has 0 aliphatic carbocycles. The Bertz CT molecular complexity index is 265. The molecule has 23 heavy (non-hydrogen) atoms. The van der Waals surface area contributed by atoms with Crippen molar-refractivity contribution in [3.05, 3.63) is 0 Å². The highest BCUT2D eigenvalue weighted by atomic mass is 16.6. The molecule has 7 heteroatoms. The van der Waals surface area contributed by atoms with Crippen LogP contribution in [0, 0.1) is 0 Å². The van der Waals surface area contributed by atoms with Crippen molar-refractivity contribution < 1.29 is 35.4 Å². The average molecular weight is 338 g/mol. The Balaban J connectivity index is 3.74. The van der Waals surface area contributed by atoms with Crippen LogP contribution in [0.3, 0.4) is 0 Å². The van der Waals surface area contributed by atoms with Crippen molar-refractivity contribution in [3.8, 4) is 0 Å². The molecule has 0 bridgehead atoms. The number of aliphatic hydroxyl groups excluding tert-OH is 6. The van der Waals surface area contributed by atoms with E-state index in [-0.39, 0.29) is 6.61 Å². The number of aliphatic hydroxyl groups is 6. The van der Waals surface area contributed by atoms with Gasteiger partial charge in [0.15, 0.2) is 6.29 Å². The zero-order valence-corrected chi connectivity index (χ0v) is 14.0. The molecule has 0 aliphatic heterocycles. The van der Waals surface area contributed by atoms with Gasteiger partial charge in [-0.15, -0.1) is 0 Å². The van der Waals surface area contributed by atoms with E-state index in [0.717, 1.165) is 19.3 Å². The van der Waals surface area contributed by atoms with E-state index < -0.39 is 37.3 Å². The Kier molecular flexibility index (Phi) is 13.9. The number of hydrogen-bond acceptors (Lipinski definition) is 7. The number of rotatable bonds is 15. The summed E-state index contributed by atoms with van der Waals surface area (Å²) in [5.41, 5.74) is 0. The summed E-state index contributed by atoms with van der Waals surface area (Å²) in [5, 5.41) is 56.1. The van der Waals surface area contributed by atoms with Crippen molar-refractivity contribution in [2.24, 2.45) is 0 Å². The monoisotopic (exact) mass is 338 g/mol. The molecule has 5 atom stereocenters. The quantitative estimate of drug-likeness (QED) is 0.181. The van der Waals surface area contributed by atoms with Crippen LogP contribution < -0.4 is 0 Å². The summed E-state index contributed by atoms with van der Waals surface area (Å²) in [6.07, 6.45) is 0.349. The van der Waals surface area contributed by atoms with Gasteiger partial charge in [-0.25, -0.2) is 0 Å². The lowest BCUT2D eigenvalue weighted by Gasteiger charge is -2.28. The minimum atomic E-state index is -1.81. The van der Waals surface area contributed by atoms with E-state index in [1.54, 1.807) is 0 Å². The first-order valence-electron chi connectivity index (χ1n) is 8.58. The molecule has 0 saturated heterocycles. The molecular weight excluding hydrogens is 304 g/mol. The minimum Gasteiger partial charge on any atom is -0.394 e. The van der Waals surface area contributed by atoms with Crippen LogP contribution in [0.1, 0.15) is 58.3 Å². The first kappa shape index (κ1) is 22.7. The van der Waals surface area contributed by atoms with Crippen molar-refractivity contribution in [3.63, 3.8) is 0 Å². The van der Waals surface area contributed by atoms with Gasteiger partial charge >= 0.3 is 0 Å². The van der Waals surface area contributed by atoms with Crippen LogP contribution in [0.15, 0.2) is 0 Å². The van der Waals surface area contributed by atoms with Gasteiger partial charge in [0, 0.05) is 6.61 Å². The van der Waals surface area contributed by atoms with Crippen LogP contribution in [0.25, 0.3) is 0 Å². The molecule has 0 saturated carbocycles. The summed E-state index contributed by atoms with van der Waals surface area (Å²) < 4.78 is 5.02. The van der Waals surface area contributed by atoms with Gasteiger partial charge in [-0.1, -0.05) is 51.9 Å². The third kappa shape index (κ3) is 10.2. The maximum Gasteiger partial charge on any atom is 0.183 e. The zero-order chi connectivity index (χ0) is 17.7. The van der Waals surface area contributed by atoms with Crippen molar-refractivity contribution >= 4 is 0 Å². The molecule has 0 rings (SSSR count). The summed E-state index contributed by atoms with van der Waals surface area (Å²) in [6, 6.07) is 0. The summed E-state index contributed by atoms with van der Waals surface area (Å²) in [6.45, 7) is 1.65. The third-order valence-electron chi connectivity index (χ3n) is 3.86. The molecule has 0 aromatic heterocycles. The van der Waals surface area contributed by atoms with Gasteiger partial charge in [-0.2, -0.15) is 0 Å². The molecule has 140 valence electrons. The smallest absolute Gasteiger partial charge is 0.183 e. The average Bonchev–Trinajstić information content (AvgIpc) is 2.57. The summed E-state index contributed by atoms with van der Waals surface area (Å²) in [4.78, 5) is 0. The van der Waals surface area contributed by atoms with E-state index in [4.69, 9.17) is 9.84 Å². The predicted octanol–water partition coefficient (Wildman–Crippen LogP) is -0.102. The highest BCUT2D eigenvalue weighted by molar-refractivity contribution is 4.81. The molecule has 0 aliphatic rings. The summed E-state index contributed by atoms with van der Waals surface area (Å²) in [7, 11) is 0. The van der Waals surface area contributed by atoms with Crippen molar-refractivity contribution in [2.45, 2.75) is 89.0 Å². The maximum atomic E-state index is 9.65. The second kappa shape index (κ2) is 14.1. The lowest BCUT2D eigenvalue weighted by Crippen LogP contribution is -2.50. The molecule has 0 heterocycles. The van der Waals surface area contributed by atoms with Crippen molar-refractivity contribution in [1.29, 1.82) is 0 Å². The van der Waals surface area contributed by atoms with E-state index in [1.807, 2.05) is 0 Å². The highest BCUT2D eigenvalue weighted by Gasteiger charge is 2.34. The van der Waals surface area contributed by atoms with Gasteiger partial charge in [0.1, 0.15) is 24.4 Å². The van der Waals surface area contributed by atoms with E-state index in [0.29, 0.717) is 0 Å². The van der Waals surface area contributed by atoms with Crippen molar-refractivity contribution in [1.82, 2.24) is 0 Å². The van der Waals surface area contributed by atoms with Crippen LogP contribution in [0.2, 0.25) is 0 Å². The highest BCUT2D eigenvalue weighted by Crippen LogP contribution is 2.11. The Hall–Kier alpha value is -0.280. The molecular formula is C16H34O7. The topological polar surface area (TPSA) is 131 Å². The van der Waals surface area contributed by atoms with E-state index >= 15 is 0 Å². The van der Waals surface area contributed by atoms with Crippen LogP contribution in [0.4, 0.5) is 0 Å². The molecule has 6 N–H and O–H groups in total. The fourth-order valence-corrected chi connectivity index (χ4v) is 2.24. The largest absolute Gasteiger partial charge is 0.394 e. The second-order valence-electron chi connectivity index (χ2n) is 5.96. The van der Waals surface area contributed by atoms with E-state index in [9.17, 15) is 25.5 Å². The fraction of sp³-hybridized carbons (Fsp3) is 1.00. The SMILES string of the molecule is CCCCCCCCCCOC(O)C(O)C(O)C(O)C(O)CO. The predicted molar refractivity (Wildman–Crippen MR) is 85.7 cm³/mol. The maximum absolute atomic E-state index is 9.65. The molecule has 0 aromatic rings. The molecule has 0 fully saturated rings. The van der Waals surface area contributed by atoms with Gasteiger partial charge in [0.25, 0.3) is 0 Å². The van der Waals surface area contributed by atoms with Crippen LogP contribution >= 0.6 is 0 Å². The summed E-state index contributed by atoms with van der Waals surface area (Å²) in [5.74, 6) is 0. The Morgan fingerprint density at radius 1 is 0.696 bits per heavy atom. The van der Waals surface area contributed by atoms with Gasteiger partial charge in [-0.3, -0.25) is 0 Å². The number of ether oxygens (including phenoxy) is 1. The first-order chi connectivity index (χ1) is 11.0. The molecule has 0 amide bonds. The second-order valence-corrected chi connectivity index (χ2v) is 5.96. The standard InChI is InChI=1S/C16H34O7/c1-2-3-4-5-6-7-8-9-10-23-16(22)15(21)14(20)13(19)12(18)11-17/h12-22H,2-11H2,1H3. The minimum absolute atomic E-state index is 0.235. The van der Waals surface area contributed by atoms with Crippen LogP contribution in [-0.2, 0) is 4.74 Å². The van der Waals surface area contributed by atoms with Gasteiger partial charge < -0.3 is 35.4 Å². The Labute approximate surface area is 138 Å². The zero-order valence-electron chi connectivity index (χ0n) is 14.0. The van der Waals surface area contributed by atoms with E-state index in [1.165, 1.54) is 32.1 Å². The number of hydrogen-bond donors (Lipinski definition) is 6. The third-order valence-corrected chi connectivity index (χ3v) is 3.86. The first-order valence-corrected chi connectivity index (χ1v) is 8.58. The fourth-order valence-electron chi connectivity index (χ4n) is 2.24. The normalized spacial score (nSPS) is 18.4. The lowest BCUT2D eigenvalue weighted by atomic mass is 10.0. The Morgan fingerprint density at radius 3 is 1.74 bits per heavy atom. The Morgan fingerprint density at radius 2 is 1.22 bits per heavy atom. The lowest BCUT2D eigenvalue weighted by molar-refractivity contribution is -0.211. The number of unbranched alkanes of at least 4 members (excludes halogenated alkanes) is 7. The molecule has 0 radical (unpaired) electrons. The van der Waals surface area contributed by atoms with Gasteiger partial charge in [-0.05, 0) is 6.42 Å². The van der Waals surface area contributed by atoms with Crippen LogP contribution in [-0.4, -0.2) is 74.6 Å². The molecule has 7 nitrogen and oxygen atoms in total. The molecule has 0 aromatic carbocycles. The van der Waals surface area contributed by atoms with Crippen LogP contribution in [0.5, 0.6) is 0 Å². The molecule has 0 spiro atoms. The summed E-state index contributed by atoms with van der Waals surface area (Å²) >= 11 is 0. The van der Waals surface area contributed by atoms with E-state index in [2.05, 4.69) is 6.92 Å². The molecule has 5 unspecified atom stereocenters. The van der Waals surface area contributed by atoms with Crippen molar-refractivity contribution in [2.75, 3.05) is 13.2 Å².